The van der Waals surface area contributed by atoms with E-state index in [1.54, 1.807) is 44.9 Å². The Bertz CT molecular complexity index is 1330. The van der Waals surface area contributed by atoms with Crippen molar-refractivity contribution in [1.29, 1.82) is 0 Å². The fourth-order valence-corrected chi connectivity index (χ4v) is 16.2. The van der Waals surface area contributed by atoms with Gasteiger partial charge in [0.2, 0.25) is 0 Å². The molecule has 4 bridgehead atoms. The van der Waals surface area contributed by atoms with Gasteiger partial charge in [0.25, 0.3) is 0 Å². The quantitative estimate of drug-likeness (QED) is 0.201. The van der Waals surface area contributed by atoms with Gasteiger partial charge in [0, 0.05) is 5.54 Å². The lowest BCUT2D eigenvalue weighted by Gasteiger charge is -2.51. The maximum absolute atomic E-state index is 4.23. The van der Waals surface area contributed by atoms with Crippen molar-refractivity contribution in [3.05, 3.63) is 23.3 Å². The number of allylic oxidation sites excluding steroid dienone is 1. The molecule has 3 heteroatoms. The van der Waals surface area contributed by atoms with Crippen LogP contribution in [0.25, 0.3) is 0 Å². The molecule has 0 aromatic carbocycles. The topological polar surface area (TPSA) is 55.9 Å². The lowest BCUT2D eigenvalue weighted by atomic mass is 9.52. The minimum absolute atomic E-state index is 0.190. The second-order valence-corrected chi connectivity index (χ2v) is 19.8. The van der Waals surface area contributed by atoms with Crippen LogP contribution in [0.2, 0.25) is 0 Å². The number of hydrogen-bond acceptors (Lipinski definition) is 3. The summed E-state index contributed by atoms with van der Waals surface area (Å²) in [5.74, 6) is 14.4. The van der Waals surface area contributed by atoms with Gasteiger partial charge in [-0.15, -0.1) is 0 Å². The highest BCUT2D eigenvalue weighted by Gasteiger charge is 2.79. The van der Waals surface area contributed by atoms with Crippen molar-refractivity contribution in [2.45, 2.75) is 133 Å². The summed E-state index contributed by atoms with van der Waals surface area (Å²) in [6.07, 6.45) is 25.0. The molecule has 10 fully saturated rings. The number of hydrogen-bond donors (Lipinski definition) is 3. The van der Waals surface area contributed by atoms with Gasteiger partial charge in [-0.3, -0.25) is 10.6 Å². The molecule has 0 radical (unpaired) electrons. The first-order chi connectivity index (χ1) is 21.3. The third kappa shape index (κ3) is 3.19. The molecule has 17 atom stereocenters. The van der Waals surface area contributed by atoms with E-state index in [1.807, 2.05) is 11.1 Å². The van der Waals surface area contributed by atoms with Crippen LogP contribution in [0, 0.1) is 82.9 Å². The molecule has 3 heterocycles. The van der Waals surface area contributed by atoms with Gasteiger partial charge in [-0.2, -0.15) is 0 Å². The van der Waals surface area contributed by atoms with Gasteiger partial charge in [0.05, 0.1) is 16.6 Å². The van der Waals surface area contributed by atoms with Gasteiger partial charge >= 0.3 is 0 Å². The van der Waals surface area contributed by atoms with Gasteiger partial charge in [-0.1, -0.05) is 25.5 Å². The minimum atomic E-state index is 0.190. The molecule has 11 aliphatic rings. The highest BCUT2D eigenvalue weighted by Crippen LogP contribution is 2.71. The second kappa shape index (κ2) is 8.68. The first-order valence-electron chi connectivity index (χ1n) is 20.0. The molecule has 240 valence electrons. The summed E-state index contributed by atoms with van der Waals surface area (Å²) in [6, 6.07) is 0. The normalized spacial score (nSPS) is 61.5. The summed E-state index contributed by atoms with van der Waals surface area (Å²) in [5, 5.41) is 12.2. The van der Waals surface area contributed by atoms with Crippen molar-refractivity contribution in [1.82, 2.24) is 16.0 Å². The molecule has 8 aliphatic carbocycles. The van der Waals surface area contributed by atoms with Crippen molar-refractivity contribution >= 4 is 0 Å². The molecule has 0 amide bonds. The molecule has 3 saturated heterocycles. The van der Waals surface area contributed by atoms with Gasteiger partial charge in [-0.25, -0.2) is 0 Å². The van der Waals surface area contributed by atoms with Crippen LogP contribution in [0.1, 0.15) is 111 Å². The molecule has 17 unspecified atom stereocenters. The van der Waals surface area contributed by atoms with E-state index < -0.39 is 0 Å². The Balaban J connectivity index is 0.834. The first kappa shape index (κ1) is 27.3. The van der Waals surface area contributed by atoms with Crippen molar-refractivity contribution in [3.8, 4) is 0 Å². The summed E-state index contributed by atoms with van der Waals surface area (Å²) < 4.78 is 0. The van der Waals surface area contributed by atoms with Crippen molar-refractivity contribution in [3.63, 3.8) is 0 Å². The molecule has 0 spiro atoms. The molecule has 3 N–H and O–H groups in total. The maximum Gasteiger partial charge on any atom is 0.0618 e. The molecule has 3 aliphatic heterocycles. The molecular weight excluding hydrogens is 534 g/mol. The zero-order chi connectivity index (χ0) is 29.4. The van der Waals surface area contributed by atoms with E-state index in [-0.39, 0.29) is 22.2 Å². The van der Waals surface area contributed by atoms with E-state index in [2.05, 4.69) is 55.8 Å². The number of nitrogens with one attached hydrogen (secondary N) is 3. The lowest BCUT2D eigenvalue weighted by molar-refractivity contribution is 0.0490. The molecule has 11 rings (SSSR count). The molecule has 3 nitrogen and oxygen atoms in total. The predicted molar refractivity (Wildman–Crippen MR) is 178 cm³/mol. The van der Waals surface area contributed by atoms with Crippen molar-refractivity contribution in [2.24, 2.45) is 82.9 Å². The minimum Gasteiger partial charge on any atom is -0.316 e. The summed E-state index contributed by atoms with van der Waals surface area (Å²) >= 11 is 0. The van der Waals surface area contributed by atoms with E-state index in [1.165, 1.54) is 51.6 Å². The van der Waals surface area contributed by atoms with E-state index in [9.17, 15) is 0 Å². The van der Waals surface area contributed by atoms with Crippen molar-refractivity contribution in [2.75, 3.05) is 13.1 Å². The third-order valence-corrected chi connectivity index (χ3v) is 18.5. The Morgan fingerprint density at radius 1 is 0.727 bits per heavy atom. The van der Waals surface area contributed by atoms with Crippen LogP contribution in [0.5, 0.6) is 0 Å². The SMILES string of the molecule is CC/C=C(/C1CCC1C1CC2CC1C1CNCC21)C1(CC23C=C(C4CCC4C4CC5CC4C4CCCC54)C2(C)N3)NC1(C)C. The second-order valence-electron chi connectivity index (χ2n) is 19.8. The maximum atomic E-state index is 4.23. The fraction of sp³-hybridized carbons (Fsp3) is 0.902. The van der Waals surface area contributed by atoms with Crippen LogP contribution in [0.3, 0.4) is 0 Å². The zero-order valence-corrected chi connectivity index (χ0v) is 28.3. The monoisotopic (exact) mass is 595 g/mol. The molecular formula is C41H61N3. The smallest absolute Gasteiger partial charge is 0.0618 e. The lowest BCUT2D eigenvalue weighted by Crippen LogP contribution is -2.49. The number of rotatable bonds is 8. The summed E-state index contributed by atoms with van der Waals surface area (Å²) in [4.78, 5) is 0. The Labute approximate surface area is 268 Å². The average molecular weight is 596 g/mol. The van der Waals surface area contributed by atoms with Crippen LogP contribution in [-0.4, -0.2) is 35.2 Å². The Morgan fingerprint density at radius 2 is 1.39 bits per heavy atom. The van der Waals surface area contributed by atoms with Gasteiger partial charge in [-0.05, 0) is 205 Å². The highest BCUT2D eigenvalue weighted by molar-refractivity contribution is 5.61. The van der Waals surface area contributed by atoms with Gasteiger partial charge in [0.15, 0.2) is 0 Å². The van der Waals surface area contributed by atoms with Crippen molar-refractivity contribution < 1.29 is 0 Å². The zero-order valence-electron chi connectivity index (χ0n) is 28.3. The van der Waals surface area contributed by atoms with Crippen LogP contribution >= 0.6 is 0 Å². The number of fused-ring (bicyclic) bond motifs is 11. The molecule has 0 aromatic rings. The first-order valence-corrected chi connectivity index (χ1v) is 20.0. The van der Waals surface area contributed by atoms with Crippen LogP contribution in [0.4, 0.5) is 0 Å². The van der Waals surface area contributed by atoms with Crippen LogP contribution < -0.4 is 16.0 Å². The summed E-state index contributed by atoms with van der Waals surface area (Å²) in [5.41, 5.74) is 4.64. The fourth-order valence-electron chi connectivity index (χ4n) is 16.2. The van der Waals surface area contributed by atoms with E-state index in [0.717, 1.165) is 82.9 Å². The van der Waals surface area contributed by atoms with Crippen LogP contribution in [0.15, 0.2) is 23.3 Å². The largest absolute Gasteiger partial charge is 0.316 e. The summed E-state index contributed by atoms with van der Waals surface area (Å²) in [6.45, 7) is 12.7. The van der Waals surface area contributed by atoms with E-state index >= 15 is 0 Å². The molecule has 0 aromatic heterocycles. The molecule has 7 saturated carbocycles. The van der Waals surface area contributed by atoms with Gasteiger partial charge < -0.3 is 5.32 Å². The van der Waals surface area contributed by atoms with E-state index in [0.29, 0.717) is 0 Å². The average Bonchev–Trinajstić information content (AvgIpc) is 3.60. The Morgan fingerprint density at radius 3 is 2.05 bits per heavy atom. The van der Waals surface area contributed by atoms with Crippen LogP contribution in [-0.2, 0) is 0 Å². The highest BCUT2D eigenvalue weighted by atomic mass is 15.4. The standard InChI is InChI=1S/C41H61N3/c1-5-7-36(28-12-10-26(28)32-16-23-17-33(32)35-20-42-19-34(23)35)41(38(2,3)43-41)21-40-18-37(39(40,4)44-40)29-13-11-27(29)31-15-22-14-30(31)25-9-6-8-24(22)25/h7,18,22-35,42-44H,5-6,8-17,19-21H2,1-4H3/b36-7-. The van der Waals surface area contributed by atoms with E-state index in [4.69, 9.17) is 0 Å². The predicted octanol–water partition coefficient (Wildman–Crippen LogP) is 7.49. The van der Waals surface area contributed by atoms with Gasteiger partial charge in [0.1, 0.15) is 0 Å². The summed E-state index contributed by atoms with van der Waals surface area (Å²) in [7, 11) is 0. The Kier molecular flexibility index (Phi) is 5.39. The molecule has 44 heavy (non-hydrogen) atoms. The third-order valence-electron chi connectivity index (χ3n) is 18.5. The Hall–Kier alpha value is -0.640.